The quantitative estimate of drug-likeness (QED) is 0.636. The van der Waals surface area contributed by atoms with Crippen LogP contribution in [0.2, 0.25) is 5.02 Å². The van der Waals surface area contributed by atoms with Gasteiger partial charge in [-0.2, -0.15) is 0 Å². The first kappa shape index (κ1) is 18.0. The van der Waals surface area contributed by atoms with Crippen molar-refractivity contribution >= 4 is 40.4 Å². The van der Waals surface area contributed by atoms with E-state index >= 15 is 0 Å². The van der Waals surface area contributed by atoms with E-state index in [1.165, 1.54) is 4.90 Å². The summed E-state index contributed by atoms with van der Waals surface area (Å²) in [5.41, 5.74) is 3.40. The number of amides is 2. The van der Waals surface area contributed by atoms with Gasteiger partial charge in [0.2, 0.25) is 0 Å². The Hall–Kier alpha value is -3.37. The zero-order valence-electron chi connectivity index (χ0n) is 15.1. The molecule has 3 aromatic rings. The van der Waals surface area contributed by atoms with Crippen molar-refractivity contribution < 1.29 is 9.59 Å². The van der Waals surface area contributed by atoms with E-state index in [4.69, 9.17) is 11.6 Å². The molecule has 1 N–H and O–H groups in total. The van der Waals surface area contributed by atoms with Crippen molar-refractivity contribution in [3.05, 3.63) is 101 Å². The van der Waals surface area contributed by atoms with Gasteiger partial charge in [0.25, 0.3) is 11.8 Å². The van der Waals surface area contributed by atoms with Gasteiger partial charge in [0, 0.05) is 10.7 Å². The van der Waals surface area contributed by atoms with E-state index in [1.807, 2.05) is 49.4 Å². The molecule has 5 heteroatoms. The first-order valence-electron chi connectivity index (χ1n) is 8.83. The number of hydrogen-bond acceptors (Lipinski definition) is 3. The minimum absolute atomic E-state index is 0.241. The minimum atomic E-state index is -0.394. The molecular formula is C23H17ClN2O2. The van der Waals surface area contributed by atoms with Crippen molar-refractivity contribution in [2.75, 3.05) is 10.2 Å². The molecule has 28 heavy (non-hydrogen) atoms. The summed E-state index contributed by atoms with van der Waals surface area (Å²) in [6.07, 6.45) is 0. The molecule has 4 nitrogen and oxygen atoms in total. The van der Waals surface area contributed by atoms with E-state index in [2.05, 4.69) is 5.32 Å². The van der Waals surface area contributed by atoms with E-state index in [0.717, 1.165) is 5.56 Å². The number of para-hydroxylation sites is 1. The van der Waals surface area contributed by atoms with Crippen molar-refractivity contribution in [2.24, 2.45) is 0 Å². The van der Waals surface area contributed by atoms with Crippen LogP contribution in [-0.4, -0.2) is 11.8 Å². The molecule has 0 saturated carbocycles. The van der Waals surface area contributed by atoms with Crippen LogP contribution in [-0.2, 0) is 9.59 Å². The lowest BCUT2D eigenvalue weighted by molar-refractivity contribution is -0.120. The number of anilines is 2. The standard InChI is InChI=1S/C23H17ClN2O2/c1-15-12-13-17(24)14-19(15)25-21-20(16-8-4-2-5-9-16)22(27)26(23(21)28)18-10-6-3-7-11-18/h2-14,25H,1H3. The average Bonchev–Trinajstić information content (AvgIpc) is 2.96. The number of benzene rings is 3. The number of rotatable bonds is 4. The van der Waals surface area contributed by atoms with Crippen LogP contribution >= 0.6 is 11.6 Å². The Kier molecular flexibility index (Phi) is 4.72. The lowest BCUT2D eigenvalue weighted by atomic mass is 10.0. The monoisotopic (exact) mass is 388 g/mol. The van der Waals surface area contributed by atoms with Crippen molar-refractivity contribution in [3.8, 4) is 0 Å². The molecule has 0 fully saturated rings. The maximum atomic E-state index is 13.3. The van der Waals surface area contributed by atoms with E-state index < -0.39 is 5.91 Å². The third kappa shape index (κ3) is 3.19. The molecule has 2 amide bonds. The fourth-order valence-corrected chi connectivity index (χ4v) is 3.37. The van der Waals surface area contributed by atoms with Crippen LogP contribution in [0.4, 0.5) is 11.4 Å². The summed E-state index contributed by atoms with van der Waals surface area (Å²) in [6, 6.07) is 23.5. The Morgan fingerprint density at radius 2 is 1.46 bits per heavy atom. The lowest BCUT2D eigenvalue weighted by Gasteiger charge is -2.15. The molecule has 1 aliphatic rings. The number of imide groups is 1. The van der Waals surface area contributed by atoms with Gasteiger partial charge in [0.1, 0.15) is 5.70 Å². The van der Waals surface area contributed by atoms with Crippen LogP contribution in [0.25, 0.3) is 5.57 Å². The molecule has 0 saturated heterocycles. The summed E-state index contributed by atoms with van der Waals surface area (Å²) in [6.45, 7) is 1.91. The Morgan fingerprint density at radius 1 is 0.821 bits per heavy atom. The first-order chi connectivity index (χ1) is 13.6. The van der Waals surface area contributed by atoms with Crippen LogP contribution in [0, 0.1) is 6.92 Å². The van der Waals surface area contributed by atoms with E-state index in [0.29, 0.717) is 27.5 Å². The number of hydrogen-bond donors (Lipinski definition) is 1. The summed E-state index contributed by atoms with van der Waals surface area (Å²) < 4.78 is 0. The van der Waals surface area contributed by atoms with Gasteiger partial charge in [-0.05, 0) is 42.3 Å². The van der Waals surface area contributed by atoms with Gasteiger partial charge in [-0.25, -0.2) is 4.90 Å². The third-order valence-corrected chi connectivity index (χ3v) is 4.86. The summed E-state index contributed by atoms with van der Waals surface area (Å²) in [5, 5.41) is 3.71. The van der Waals surface area contributed by atoms with E-state index in [-0.39, 0.29) is 11.6 Å². The fourth-order valence-electron chi connectivity index (χ4n) is 3.19. The minimum Gasteiger partial charge on any atom is -0.350 e. The van der Waals surface area contributed by atoms with Crippen LogP contribution in [0.3, 0.4) is 0 Å². The molecule has 0 atom stereocenters. The third-order valence-electron chi connectivity index (χ3n) is 4.62. The Bertz CT molecular complexity index is 1090. The number of halogens is 1. The number of aryl methyl sites for hydroxylation is 1. The second-order valence-electron chi connectivity index (χ2n) is 6.48. The van der Waals surface area contributed by atoms with Gasteiger partial charge in [0.15, 0.2) is 0 Å². The predicted octanol–water partition coefficient (Wildman–Crippen LogP) is 5.05. The van der Waals surface area contributed by atoms with E-state index in [1.54, 1.807) is 36.4 Å². The fraction of sp³-hybridized carbons (Fsp3) is 0.0435. The predicted molar refractivity (Wildman–Crippen MR) is 112 cm³/mol. The van der Waals surface area contributed by atoms with Gasteiger partial charge in [0.05, 0.1) is 11.3 Å². The Labute approximate surface area is 168 Å². The number of carbonyl (C=O) groups is 2. The summed E-state index contributed by atoms with van der Waals surface area (Å²) in [4.78, 5) is 27.7. The van der Waals surface area contributed by atoms with Crippen molar-refractivity contribution in [1.82, 2.24) is 0 Å². The van der Waals surface area contributed by atoms with Crippen LogP contribution in [0.1, 0.15) is 11.1 Å². The lowest BCUT2D eigenvalue weighted by Crippen LogP contribution is -2.32. The zero-order valence-corrected chi connectivity index (χ0v) is 15.9. The molecule has 1 aliphatic heterocycles. The number of carbonyl (C=O) groups excluding carboxylic acids is 2. The smallest absolute Gasteiger partial charge is 0.282 e. The van der Waals surface area contributed by atoms with E-state index in [9.17, 15) is 9.59 Å². The topological polar surface area (TPSA) is 49.4 Å². The van der Waals surface area contributed by atoms with Crippen molar-refractivity contribution in [3.63, 3.8) is 0 Å². The van der Waals surface area contributed by atoms with Crippen LogP contribution < -0.4 is 10.2 Å². The average molecular weight is 389 g/mol. The van der Waals surface area contributed by atoms with Gasteiger partial charge in [-0.1, -0.05) is 66.2 Å². The molecule has 0 unspecified atom stereocenters. The highest BCUT2D eigenvalue weighted by Gasteiger charge is 2.40. The highest BCUT2D eigenvalue weighted by atomic mass is 35.5. The zero-order chi connectivity index (χ0) is 19.7. The SMILES string of the molecule is Cc1ccc(Cl)cc1NC1=C(c2ccccc2)C(=O)N(c2ccccc2)C1=O. The first-order valence-corrected chi connectivity index (χ1v) is 9.21. The largest absolute Gasteiger partial charge is 0.350 e. The second kappa shape index (κ2) is 7.33. The summed E-state index contributed by atoms with van der Waals surface area (Å²) >= 11 is 6.13. The van der Waals surface area contributed by atoms with Gasteiger partial charge < -0.3 is 5.32 Å². The normalized spacial score (nSPS) is 14.0. The molecule has 3 aromatic carbocycles. The maximum Gasteiger partial charge on any atom is 0.282 e. The van der Waals surface area contributed by atoms with Crippen molar-refractivity contribution in [2.45, 2.75) is 6.92 Å². The Morgan fingerprint density at radius 3 is 2.14 bits per heavy atom. The maximum absolute atomic E-state index is 13.3. The summed E-state index contributed by atoms with van der Waals surface area (Å²) in [7, 11) is 0. The molecule has 0 spiro atoms. The van der Waals surface area contributed by atoms with Gasteiger partial charge in [-0.3, -0.25) is 9.59 Å². The number of nitrogens with one attached hydrogen (secondary N) is 1. The molecule has 1 heterocycles. The Balaban J connectivity index is 1.85. The molecule has 138 valence electrons. The molecule has 0 radical (unpaired) electrons. The van der Waals surface area contributed by atoms with Gasteiger partial charge in [-0.15, -0.1) is 0 Å². The highest BCUT2D eigenvalue weighted by molar-refractivity contribution is 6.46. The second-order valence-corrected chi connectivity index (χ2v) is 6.92. The number of nitrogens with zero attached hydrogens (tertiary/aromatic N) is 1. The molecule has 0 bridgehead atoms. The van der Waals surface area contributed by atoms with Crippen molar-refractivity contribution in [1.29, 1.82) is 0 Å². The van der Waals surface area contributed by atoms with Crippen LogP contribution in [0.5, 0.6) is 0 Å². The molecule has 4 rings (SSSR count). The summed E-state index contributed by atoms with van der Waals surface area (Å²) in [5.74, 6) is -0.751. The molecule has 0 aromatic heterocycles. The molecule has 0 aliphatic carbocycles. The van der Waals surface area contributed by atoms with Gasteiger partial charge >= 0.3 is 0 Å². The molecular weight excluding hydrogens is 372 g/mol. The van der Waals surface area contributed by atoms with Crippen LogP contribution in [0.15, 0.2) is 84.6 Å². The highest BCUT2D eigenvalue weighted by Crippen LogP contribution is 2.34.